The largest absolute Gasteiger partial charge is 0.477 e. The predicted molar refractivity (Wildman–Crippen MR) is 89.7 cm³/mol. The number of rotatable bonds is 3. The molecule has 0 atom stereocenters. The normalized spacial score (nSPS) is 14.8. The highest BCUT2D eigenvalue weighted by Gasteiger charge is 2.22. The number of hydrogen-bond acceptors (Lipinski definition) is 7. The molecule has 3 heterocycles. The van der Waals surface area contributed by atoms with Crippen LogP contribution in [0.1, 0.15) is 27.6 Å². The summed E-state index contributed by atoms with van der Waals surface area (Å²) in [6.07, 6.45) is 0. The van der Waals surface area contributed by atoms with Gasteiger partial charge >= 0.3 is 5.97 Å². The van der Waals surface area contributed by atoms with E-state index in [-0.39, 0.29) is 5.69 Å². The van der Waals surface area contributed by atoms with E-state index in [1.165, 1.54) is 6.07 Å². The SMILES string of the molecule is Cc1cc(C)nc(N2CCN(c3nc(C)cc(C(=O)O)n3)CC2)n1. The number of hydrogen-bond donors (Lipinski definition) is 1. The molecule has 1 aliphatic heterocycles. The first-order valence-corrected chi connectivity index (χ1v) is 7.83. The van der Waals surface area contributed by atoms with Crippen LogP contribution in [0.5, 0.6) is 0 Å². The molecule has 8 heteroatoms. The summed E-state index contributed by atoms with van der Waals surface area (Å²) in [4.78, 5) is 32.8. The molecule has 126 valence electrons. The topological polar surface area (TPSA) is 95.3 Å². The lowest BCUT2D eigenvalue weighted by molar-refractivity contribution is 0.0690. The molecule has 0 saturated carbocycles. The van der Waals surface area contributed by atoms with Crippen LogP contribution < -0.4 is 9.80 Å². The number of carbonyl (C=O) groups is 1. The van der Waals surface area contributed by atoms with Gasteiger partial charge in [0.15, 0.2) is 5.69 Å². The summed E-state index contributed by atoms with van der Waals surface area (Å²) < 4.78 is 0. The van der Waals surface area contributed by atoms with Gasteiger partial charge in [0.05, 0.1) is 0 Å². The van der Waals surface area contributed by atoms with E-state index in [0.717, 1.165) is 30.4 Å². The summed E-state index contributed by atoms with van der Waals surface area (Å²) in [6.45, 7) is 8.56. The fourth-order valence-electron chi connectivity index (χ4n) is 2.76. The molecule has 8 nitrogen and oxygen atoms in total. The zero-order chi connectivity index (χ0) is 17.3. The number of carboxylic acids is 1. The molecular formula is C16H20N6O2. The van der Waals surface area contributed by atoms with E-state index in [4.69, 9.17) is 5.11 Å². The Bertz CT molecular complexity index is 751. The monoisotopic (exact) mass is 328 g/mol. The third-order valence-corrected chi connectivity index (χ3v) is 3.88. The highest BCUT2D eigenvalue weighted by atomic mass is 16.4. The molecule has 0 aromatic carbocycles. The van der Waals surface area contributed by atoms with Crippen LogP contribution >= 0.6 is 0 Å². The second-order valence-corrected chi connectivity index (χ2v) is 5.92. The van der Waals surface area contributed by atoms with Gasteiger partial charge in [0.2, 0.25) is 11.9 Å². The Morgan fingerprint density at radius 2 is 1.25 bits per heavy atom. The van der Waals surface area contributed by atoms with E-state index >= 15 is 0 Å². The first kappa shape index (κ1) is 16.1. The van der Waals surface area contributed by atoms with Gasteiger partial charge in [-0.3, -0.25) is 0 Å². The lowest BCUT2D eigenvalue weighted by Crippen LogP contribution is -2.48. The van der Waals surface area contributed by atoms with Crippen molar-refractivity contribution in [3.8, 4) is 0 Å². The zero-order valence-corrected chi connectivity index (χ0v) is 14.0. The van der Waals surface area contributed by atoms with Crippen molar-refractivity contribution in [1.29, 1.82) is 0 Å². The van der Waals surface area contributed by atoms with Crippen molar-refractivity contribution >= 4 is 17.9 Å². The smallest absolute Gasteiger partial charge is 0.354 e. The maximum Gasteiger partial charge on any atom is 0.354 e. The molecule has 1 N–H and O–H groups in total. The van der Waals surface area contributed by atoms with Crippen LogP contribution in [-0.4, -0.2) is 57.2 Å². The highest BCUT2D eigenvalue weighted by Crippen LogP contribution is 2.17. The number of aryl methyl sites for hydroxylation is 3. The van der Waals surface area contributed by atoms with E-state index in [9.17, 15) is 4.79 Å². The Hall–Kier alpha value is -2.77. The van der Waals surface area contributed by atoms with Crippen molar-refractivity contribution in [2.24, 2.45) is 0 Å². The fraction of sp³-hybridized carbons (Fsp3) is 0.438. The number of aromatic carboxylic acids is 1. The zero-order valence-electron chi connectivity index (χ0n) is 14.0. The van der Waals surface area contributed by atoms with Crippen LogP contribution in [0.2, 0.25) is 0 Å². The molecule has 1 aliphatic rings. The van der Waals surface area contributed by atoms with Crippen LogP contribution in [0.3, 0.4) is 0 Å². The quantitative estimate of drug-likeness (QED) is 0.898. The third-order valence-electron chi connectivity index (χ3n) is 3.88. The van der Waals surface area contributed by atoms with Gasteiger partial charge < -0.3 is 14.9 Å². The maximum atomic E-state index is 11.2. The minimum atomic E-state index is -1.04. The van der Waals surface area contributed by atoms with Gasteiger partial charge in [-0.05, 0) is 32.9 Å². The molecule has 0 spiro atoms. The number of nitrogens with zero attached hydrogens (tertiary/aromatic N) is 6. The Kier molecular flexibility index (Phi) is 4.28. The minimum Gasteiger partial charge on any atom is -0.477 e. The Morgan fingerprint density at radius 1 is 0.833 bits per heavy atom. The number of aromatic nitrogens is 4. The van der Waals surface area contributed by atoms with E-state index < -0.39 is 5.97 Å². The van der Waals surface area contributed by atoms with Crippen LogP contribution in [-0.2, 0) is 0 Å². The first-order valence-electron chi connectivity index (χ1n) is 7.83. The van der Waals surface area contributed by atoms with E-state index in [2.05, 4.69) is 24.8 Å². The van der Waals surface area contributed by atoms with E-state index in [1.807, 2.05) is 24.8 Å². The lowest BCUT2D eigenvalue weighted by atomic mass is 10.3. The Labute approximate surface area is 140 Å². The first-order chi connectivity index (χ1) is 11.4. The van der Waals surface area contributed by atoms with Crippen molar-refractivity contribution in [3.63, 3.8) is 0 Å². The van der Waals surface area contributed by atoms with Crippen molar-refractivity contribution in [3.05, 3.63) is 34.9 Å². The van der Waals surface area contributed by atoms with Crippen molar-refractivity contribution < 1.29 is 9.90 Å². The summed E-state index contributed by atoms with van der Waals surface area (Å²) >= 11 is 0. The van der Waals surface area contributed by atoms with Gasteiger partial charge in [-0.2, -0.15) is 0 Å². The van der Waals surface area contributed by atoms with Gasteiger partial charge in [-0.25, -0.2) is 24.7 Å². The van der Waals surface area contributed by atoms with Gasteiger partial charge in [-0.15, -0.1) is 0 Å². The van der Waals surface area contributed by atoms with Gasteiger partial charge in [-0.1, -0.05) is 0 Å². The summed E-state index contributed by atoms with van der Waals surface area (Å²) in [5, 5.41) is 9.14. The molecule has 0 unspecified atom stereocenters. The van der Waals surface area contributed by atoms with Gasteiger partial charge in [0.1, 0.15) is 0 Å². The Balaban J connectivity index is 1.74. The summed E-state index contributed by atoms with van der Waals surface area (Å²) in [5.74, 6) is 0.168. The van der Waals surface area contributed by atoms with Crippen molar-refractivity contribution in [2.75, 3.05) is 36.0 Å². The third kappa shape index (κ3) is 3.42. The molecule has 3 rings (SSSR count). The predicted octanol–water partition coefficient (Wildman–Crippen LogP) is 1.22. The number of piperazine rings is 1. The lowest BCUT2D eigenvalue weighted by Gasteiger charge is -2.35. The summed E-state index contributed by atoms with van der Waals surface area (Å²) in [7, 11) is 0. The average Bonchev–Trinajstić information content (AvgIpc) is 2.53. The molecule has 1 fully saturated rings. The second kappa shape index (κ2) is 6.38. The van der Waals surface area contributed by atoms with Crippen molar-refractivity contribution in [2.45, 2.75) is 20.8 Å². The van der Waals surface area contributed by atoms with Crippen LogP contribution in [0.25, 0.3) is 0 Å². The van der Waals surface area contributed by atoms with Gasteiger partial charge in [0, 0.05) is 43.3 Å². The minimum absolute atomic E-state index is 0.0255. The number of carboxylic acid groups (broad SMARTS) is 1. The molecule has 2 aromatic heterocycles. The maximum absolute atomic E-state index is 11.2. The van der Waals surface area contributed by atoms with Gasteiger partial charge in [0.25, 0.3) is 0 Å². The van der Waals surface area contributed by atoms with Crippen LogP contribution in [0.15, 0.2) is 12.1 Å². The molecule has 24 heavy (non-hydrogen) atoms. The molecule has 0 amide bonds. The number of anilines is 2. The molecule has 0 aliphatic carbocycles. The summed E-state index contributed by atoms with van der Waals surface area (Å²) in [5.41, 5.74) is 2.58. The van der Waals surface area contributed by atoms with Crippen LogP contribution in [0, 0.1) is 20.8 Å². The second-order valence-electron chi connectivity index (χ2n) is 5.92. The van der Waals surface area contributed by atoms with Crippen LogP contribution in [0.4, 0.5) is 11.9 Å². The highest BCUT2D eigenvalue weighted by molar-refractivity contribution is 5.85. The average molecular weight is 328 g/mol. The molecule has 2 aromatic rings. The molecule has 0 radical (unpaired) electrons. The molecular weight excluding hydrogens is 308 g/mol. The van der Waals surface area contributed by atoms with E-state index in [0.29, 0.717) is 24.7 Å². The fourth-order valence-corrected chi connectivity index (χ4v) is 2.76. The molecule has 1 saturated heterocycles. The Morgan fingerprint density at radius 3 is 1.71 bits per heavy atom. The van der Waals surface area contributed by atoms with E-state index in [1.54, 1.807) is 6.92 Å². The molecule has 0 bridgehead atoms. The standard InChI is InChI=1S/C16H20N6O2/c1-10-8-11(2)18-15(17-10)21-4-6-22(7-5-21)16-19-12(3)9-13(20-16)14(23)24/h8-9H,4-7H2,1-3H3,(H,23,24). The van der Waals surface area contributed by atoms with Crippen molar-refractivity contribution in [1.82, 2.24) is 19.9 Å². The summed E-state index contributed by atoms with van der Waals surface area (Å²) in [6, 6.07) is 3.43.